The van der Waals surface area contributed by atoms with Crippen molar-refractivity contribution >= 4 is 5.91 Å². The number of nitrogens with one attached hydrogen (secondary N) is 1. The average molecular weight is 398 g/mol. The summed E-state index contributed by atoms with van der Waals surface area (Å²) in [4.78, 5) is 20.0. The van der Waals surface area contributed by atoms with Crippen LogP contribution in [0.3, 0.4) is 0 Å². The molecule has 0 radical (unpaired) electrons. The highest BCUT2D eigenvalue weighted by Crippen LogP contribution is 2.32. The first kappa shape index (κ1) is 18.3. The van der Waals surface area contributed by atoms with Crippen molar-refractivity contribution in [3.63, 3.8) is 0 Å². The Hall–Kier alpha value is -3.74. The lowest BCUT2D eigenvalue weighted by Crippen LogP contribution is -2.32. The molecule has 30 heavy (non-hydrogen) atoms. The Balaban J connectivity index is 1.57. The second kappa shape index (κ2) is 7.59. The van der Waals surface area contributed by atoms with Gasteiger partial charge in [-0.25, -0.2) is 9.67 Å². The zero-order valence-electron chi connectivity index (χ0n) is 16.7. The highest BCUT2D eigenvalue weighted by Gasteiger charge is 2.35. The van der Waals surface area contributed by atoms with Crippen LogP contribution in [-0.4, -0.2) is 42.3 Å². The Kier molecular flexibility index (Phi) is 4.63. The number of amides is 1. The van der Waals surface area contributed by atoms with Gasteiger partial charge in [-0.3, -0.25) is 9.89 Å². The van der Waals surface area contributed by atoms with Crippen LogP contribution in [-0.2, 0) is 0 Å². The van der Waals surface area contributed by atoms with Gasteiger partial charge >= 0.3 is 0 Å². The molecule has 5 rings (SSSR count). The summed E-state index contributed by atoms with van der Waals surface area (Å²) in [5, 5.41) is 12.0. The Morgan fingerprint density at radius 1 is 1.07 bits per heavy atom. The Bertz CT molecular complexity index is 1160. The van der Waals surface area contributed by atoms with E-state index in [0.29, 0.717) is 18.1 Å². The van der Waals surface area contributed by atoms with Crippen LogP contribution in [0.2, 0.25) is 0 Å². The minimum absolute atomic E-state index is 0.0570. The zero-order chi connectivity index (χ0) is 20.5. The topological polar surface area (TPSA) is 79.7 Å². The highest BCUT2D eigenvalue weighted by molar-refractivity contribution is 5.94. The van der Waals surface area contributed by atoms with E-state index in [2.05, 4.69) is 15.2 Å². The number of aryl methyl sites for hydroxylation is 1. The van der Waals surface area contributed by atoms with Crippen LogP contribution in [0.1, 0.15) is 41.0 Å². The van der Waals surface area contributed by atoms with E-state index < -0.39 is 0 Å². The number of para-hydroxylation sites is 1. The maximum absolute atomic E-state index is 13.7. The first-order chi connectivity index (χ1) is 14.7. The normalized spacial score (nSPS) is 16.2. The molecular weight excluding hydrogens is 376 g/mol. The standard InChI is InChI=1S/C23H22N6O/c1-16-24-22(26-25-16)20-13-8-14-28(20)23(30)21-15-19(17-9-4-2-5-10-17)27-29(21)18-11-6-3-7-12-18/h2-7,9-12,15,20H,8,13-14H2,1H3,(H,24,25,26). The molecule has 1 amide bonds. The molecule has 1 aliphatic heterocycles. The maximum Gasteiger partial charge on any atom is 0.273 e. The van der Waals surface area contributed by atoms with E-state index in [1.165, 1.54) is 0 Å². The van der Waals surface area contributed by atoms with Crippen molar-refractivity contribution in [3.05, 3.63) is 84.1 Å². The van der Waals surface area contributed by atoms with E-state index >= 15 is 0 Å². The van der Waals surface area contributed by atoms with Crippen molar-refractivity contribution in [2.75, 3.05) is 6.54 Å². The molecule has 4 aromatic rings. The second-order valence-corrected chi connectivity index (χ2v) is 7.46. The van der Waals surface area contributed by atoms with Crippen LogP contribution in [0.4, 0.5) is 0 Å². The number of nitrogens with zero attached hydrogens (tertiary/aromatic N) is 5. The summed E-state index contributed by atoms with van der Waals surface area (Å²) in [5.74, 6) is 1.37. The first-order valence-electron chi connectivity index (χ1n) is 10.1. The molecule has 7 nitrogen and oxygen atoms in total. The van der Waals surface area contributed by atoms with Gasteiger partial charge in [-0.2, -0.15) is 10.2 Å². The molecule has 0 bridgehead atoms. The second-order valence-electron chi connectivity index (χ2n) is 7.46. The smallest absolute Gasteiger partial charge is 0.273 e. The van der Waals surface area contributed by atoms with Crippen molar-refractivity contribution in [2.24, 2.45) is 0 Å². The minimum atomic E-state index is -0.123. The van der Waals surface area contributed by atoms with Crippen LogP contribution in [0.15, 0.2) is 66.7 Å². The molecule has 0 aliphatic carbocycles. The summed E-state index contributed by atoms with van der Waals surface area (Å²) < 4.78 is 1.74. The van der Waals surface area contributed by atoms with E-state index in [1.54, 1.807) is 4.68 Å². The highest BCUT2D eigenvalue weighted by atomic mass is 16.2. The number of rotatable bonds is 4. The fourth-order valence-corrected chi connectivity index (χ4v) is 3.98. The third-order valence-electron chi connectivity index (χ3n) is 5.43. The zero-order valence-corrected chi connectivity index (χ0v) is 16.7. The Labute approximate surface area is 174 Å². The van der Waals surface area contributed by atoms with Crippen molar-refractivity contribution < 1.29 is 4.79 Å². The fourth-order valence-electron chi connectivity index (χ4n) is 3.98. The van der Waals surface area contributed by atoms with E-state index in [0.717, 1.165) is 35.6 Å². The lowest BCUT2D eigenvalue weighted by molar-refractivity contribution is 0.0720. The van der Waals surface area contributed by atoms with E-state index in [-0.39, 0.29) is 11.9 Å². The molecule has 1 fully saturated rings. The monoisotopic (exact) mass is 398 g/mol. The number of carbonyl (C=O) groups excluding carboxylic acids is 1. The summed E-state index contributed by atoms with van der Waals surface area (Å²) >= 11 is 0. The number of carbonyl (C=O) groups is 1. The molecule has 0 spiro atoms. The van der Waals surface area contributed by atoms with Crippen molar-refractivity contribution in [2.45, 2.75) is 25.8 Å². The van der Waals surface area contributed by atoms with Crippen molar-refractivity contribution in [1.29, 1.82) is 0 Å². The van der Waals surface area contributed by atoms with Gasteiger partial charge in [0.2, 0.25) is 0 Å². The van der Waals surface area contributed by atoms with E-state index in [9.17, 15) is 4.79 Å². The molecule has 0 saturated carbocycles. The quantitative estimate of drug-likeness (QED) is 0.565. The summed E-state index contributed by atoms with van der Waals surface area (Å²) in [6, 6.07) is 21.4. The number of aromatic nitrogens is 5. The maximum atomic E-state index is 13.7. The van der Waals surface area contributed by atoms with Gasteiger partial charge in [-0.15, -0.1) is 0 Å². The fraction of sp³-hybridized carbons (Fsp3) is 0.217. The summed E-state index contributed by atoms with van der Waals surface area (Å²) in [6.45, 7) is 2.55. The number of likely N-dealkylation sites (tertiary alicyclic amines) is 1. The first-order valence-corrected chi connectivity index (χ1v) is 10.1. The third-order valence-corrected chi connectivity index (χ3v) is 5.43. The molecule has 3 heterocycles. The molecule has 2 aromatic heterocycles. The number of hydrogen-bond acceptors (Lipinski definition) is 4. The van der Waals surface area contributed by atoms with Crippen molar-refractivity contribution in [3.8, 4) is 16.9 Å². The van der Waals surface area contributed by atoms with Crippen LogP contribution < -0.4 is 0 Å². The van der Waals surface area contributed by atoms with Crippen LogP contribution in [0.25, 0.3) is 16.9 Å². The lowest BCUT2D eigenvalue weighted by atomic mass is 10.1. The Morgan fingerprint density at radius 2 is 1.80 bits per heavy atom. The van der Waals surface area contributed by atoms with Gasteiger partial charge in [0.05, 0.1) is 17.4 Å². The lowest BCUT2D eigenvalue weighted by Gasteiger charge is -2.22. The minimum Gasteiger partial charge on any atom is -0.327 e. The largest absolute Gasteiger partial charge is 0.327 e. The molecule has 1 saturated heterocycles. The molecule has 1 aliphatic rings. The van der Waals surface area contributed by atoms with Gasteiger partial charge in [0.25, 0.3) is 5.91 Å². The summed E-state index contributed by atoms with van der Waals surface area (Å²) in [6.07, 6.45) is 1.78. The summed E-state index contributed by atoms with van der Waals surface area (Å²) in [7, 11) is 0. The van der Waals surface area contributed by atoms with Gasteiger partial charge < -0.3 is 4.90 Å². The molecular formula is C23H22N6O. The van der Waals surface area contributed by atoms with Gasteiger partial charge in [0.1, 0.15) is 11.5 Å². The molecule has 1 atom stereocenters. The van der Waals surface area contributed by atoms with Gasteiger partial charge in [-0.05, 0) is 38.0 Å². The molecule has 150 valence electrons. The molecule has 7 heteroatoms. The van der Waals surface area contributed by atoms with Crippen LogP contribution in [0, 0.1) is 6.92 Å². The van der Waals surface area contributed by atoms with Gasteiger partial charge in [-0.1, -0.05) is 48.5 Å². The third kappa shape index (κ3) is 3.28. The van der Waals surface area contributed by atoms with E-state index in [1.807, 2.05) is 78.6 Å². The van der Waals surface area contributed by atoms with E-state index in [4.69, 9.17) is 5.10 Å². The van der Waals surface area contributed by atoms with Crippen LogP contribution >= 0.6 is 0 Å². The predicted molar refractivity (Wildman–Crippen MR) is 113 cm³/mol. The SMILES string of the molecule is Cc1nc(C2CCCN2C(=O)c2cc(-c3ccccc3)nn2-c2ccccc2)n[nH]1. The number of benzene rings is 2. The molecule has 2 aromatic carbocycles. The average Bonchev–Trinajstić information content (AvgIpc) is 3.53. The van der Waals surface area contributed by atoms with Crippen molar-refractivity contribution in [1.82, 2.24) is 29.9 Å². The van der Waals surface area contributed by atoms with Gasteiger partial charge in [0.15, 0.2) is 5.82 Å². The number of hydrogen-bond donors (Lipinski definition) is 1. The summed E-state index contributed by atoms with van der Waals surface area (Å²) in [5.41, 5.74) is 3.14. The number of aromatic amines is 1. The van der Waals surface area contributed by atoms with Gasteiger partial charge in [0, 0.05) is 12.1 Å². The Morgan fingerprint density at radius 3 is 2.50 bits per heavy atom. The van der Waals surface area contributed by atoms with Crippen LogP contribution in [0.5, 0.6) is 0 Å². The predicted octanol–water partition coefficient (Wildman–Crippen LogP) is 3.94. The molecule has 1 unspecified atom stereocenters. The number of H-pyrrole nitrogens is 1. The molecule has 1 N–H and O–H groups in total.